The van der Waals surface area contributed by atoms with Crippen molar-refractivity contribution in [2.45, 2.75) is 18.4 Å². The number of hydrogen-bond donors (Lipinski definition) is 3. The van der Waals surface area contributed by atoms with Crippen molar-refractivity contribution in [1.29, 1.82) is 0 Å². The Morgan fingerprint density at radius 2 is 1.25 bits per heavy atom. The normalized spacial score (nSPS) is 9.21. The van der Waals surface area contributed by atoms with Gasteiger partial charge in [0.2, 0.25) is 0 Å². The fourth-order valence-corrected chi connectivity index (χ4v) is 1.27. The van der Waals surface area contributed by atoms with Gasteiger partial charge in [-0.1, -0.05) is 18.2 Å². The first-order chi connectivity index (χ1) is 10.1. The molecule has 120 valence electrons. The molecular weight excluding hydrogens is 346 g/mol. The third-order valence-electron chi connectivity index (χ3n) is 2.29. The van der Waals surface area contributed by atoms with Crippen LogP contribution >= 0.6 is 0 Å². The second-order valence-corrected chi connectivity index (χ2v) is 4.11. The summed E-state index contributed by atoms with van der Waals surface area (Å²) >= 11 is 0. The van der Waals surface area contributed by atoms with E-state index in [4.69, 9.17) is 15.3 Å². The molecule has 11 heteroatoms. The van der Waals surface area contributed by atoms with E-state index in [1.165, 1.54) is 0 Å². The quantitative estimate of drug-likeness (QED) is 0.417. The summed E-state index contributed by atoms with van der Waals surface area (Å²) in [6, 6.07) is 8.30. The molecule has 0 aromatic heterocycles. The first-order valence-corrected chi connectivity index (χ1v) is 5.72. The summed E-state index contributed by atoms with van der Waals surface area (Å²) < 4.78 is 0. The average Bonchev–Trinajstić information content (AvgIpc) is 2.38. The van der Waals surface area contributed by atoms with Crippen molar-refractivity contribution >= 4 is 23.9 Å². The van der Waals surface area contributed by atoms with Crippen molar-refractivity contribution in [2.75, 3.05) is 0 Å². The van der Waals surface area contributed by atoms with Crippen LogP contribution in [0.1, 0.15) is 23.2 Å². The summed E-state index contributed by atoms with van der Waals surface area (Å²) in [7, 11) is 0. The van der Waals surface area contributed by atoms with Crippen molar-refractivity contribution in [1.82, 2.24) is 0 Å². The smallest absolute Gasteiger partial charge is 0.550 e. The van der Waals surface area contributed by atoms with Crippen molar-refractivity contribution in [2.24, 2.45) is 0 Å². The number of aliphatic carboxylic acids is 3. The summed E-state index contributed by atoms with van der Waals surface area (Å²) in [6.07, 6.45) is -2.59. The van der Waals surface area contributed by atoms with Gasteiger partial charge in [-0.3, -0.25) is 0 Å². The Balaban J connectivity index is -0.000000355. The largest absolute Gasteiger partial charge is 1.00 e. The number of hydrogen-bond acceptors (Lipinski definition) is 7. The fraction of sp³-hybridized carbons (Fsp3) is 0.231. The summed E-state index contributed by atoms with van der Waals surface area (Å²) in [5.41, 5.74) is -2.53. The number of benzene rings is 1. The van der Waals surface area contributed by atoms with E-state index in [1.54, 1.807) is 30.3 Å². The Morgan fingerprint density at radius 1 is 0.875 bits per heavy atom. The standard InChI is InChI=1S/C7H6O2.C6H8O7.2Na/c8-7(9)6-4-2-1-3-5-6;7-3(8)1-6(13,5(11)12)2-4(9)10;;/h1-5H,(H,8,9);13H,1-2H2,(H,7,8)(H,9,10)(H,11,12);;/q;;2*+1/p-2. The van der Waals surface area contributed by atoms with E-state index in [1.807, 2.05) is 0 Å². The molecule has 0 saturated heterocycles. The minimum absolute atomic E-state index is 0. The van der Waals surface area contributed by atoms with Gasteiger partial charge in [0.05, 0.1) is 5.56 Å². The summed E-state index contributed by atoms with van der Waals surface area (Å²) in [5.74, 6) is -6.53. The summed E-state index contributed by atoms with van der Waals surface area (Å²) in [5, 5.41) is 45.6. The molecule has 24 heavy (non-hydrogen) atoms. The topological polar surface area (TPSA) is 175 Å². The first-order valence-electron chi connectivity index (χ1n) is 5.72. The maximum Gasteiger partial charge on any atom is 1.00 e. The van der Waals surface area contributed by atoms with Crippen LogP contribution in [0, 0.1) is 0 Å². The number of aromatic carboxylic acids is 1. The van der Waals surface area contributed by atoms with Crippen LogP contribution in [0.5, 0.6) is 0 Å². The molecule has 0 radical (unpaired) electrons. The van der Waals surface area contributed by atoms with Crippen LogP contribution in [-0.4, -0.2) is 44.8 Å². The van der Waals surface area contributed by atoms with E-state index in [-0.39, 0.29) is 59.1 Å². The minimum atomic E-state index is -2.86. The molecular formula is C13H12Na2O9. The van der Waals surface area contributed by atoms with Crippen LogP contribution in [0.2, 0.25) is 0 Å². The van der Waals surface area contributed by atoms with Gasteiger partial charge in [-0.25, -0.2) is 9.59 Å². The molecule has 0 fully saturated rings. The van der Waals surface area contributed by atoms with Crippen molar-refractivity contribution < 1.29 is 104 Å². The van der Waals surface area contributed by atoms with Crippen LogP contribution in [0.25, 0.3) is 0 Å². The zero-order valence-corrected chi connectivity index (χ0v) is 17.1. The predicted octanol–water partition coefficient (Wildman–Crippen LogP) is -8.53. The Kier molecular flexibility index (Phi) is 15.5. The number of carbonyl (C=O) groups excluding carboxylic acids is 2. The Labute approximate surface area is 180 Å². The van der Waals surface area contributed by atoms with Crippen LogP contribution in [-0.2, 0) is 14.4 Å². The maximum atomic E-state index is 10.3. The molecule has 0 aliphatic heterocycles. The number of carboxylic acids is 4. The maximum absolute atomic E-state index is 10.3. The van der Waals surface area contributed by atoms with Crippen LogP contribution in [0.4, 0.5) is 0 Å². The van der Waals surface area contributed by atoms with Gasteiger partial charge in [0.25, 0.3) is 0 Å². The molecule has 1 aromatic rings. The molecule has 1 aromatic carbocycles. The van der Waals surface area contributed by atoms with Crippen molar-refractivity contribution in [3.8, 4) is 0 Å². The van der Waals surface area contributed by atoms with Gasteiger partial charge in [-0.2, -0.15) is 0 Å². The Hall–Kier alpha value is -0.940. The van der Waals surface area contributed by atoms with E-state index in [9.17, 15) is 29.4 Å². The third kappa shape index (κ3) is 11.6. The zero-order chi connectivity index (χ0) is 17.3. The number of carbonyl (C=O) groups is 4. The number of carboxylic acid groups (broad SMARTS) is 4. The summed E-state index contributed by atoms with van der Waals surface area (Å²) in [6.45, 7) is 0. The molecule has 0 saturated carbocycles. The molecule has 0 atom stereocenters. The molecule has 0 unspecified atom stereocenters. The van der Waals surface area contributed by atoms with Crippen LogP contribution < -0.4 is 69.3 Å². The van der Waals surface area contributed by atoms with Gasteiger partial charge >= 0.3 is 71.1 Å². The molecule has 0 spiro atoms. The van der Waals surface area contributed by atoms with Gasteiger partial charge in [0.15, 0.2) is 5.60 Å². The van der Waals surface area contributed by atoms with E-state index in [0.29, 0.717) is 5.56 Å². The second kappa shape index (κ2) is 13.4. The molecule has 1 rings (SSSR count). The number of rotatable bonds is 6. The number of aliphatic hydroxyl groups is 1. The summed E-state index contributed by atoms with van der Waals surface area (Å²) in [4.78, 5) is 40.4. The molecule has 0 aliphatic rings. The molecule has 3 N–H and O–H groups in total. The second-order valence-electron chi connectivity index (χ2n) is 4.11. The molecule has 0 amide bonds. The predicted molar refractivity (Wildman–Crippen MR) is 65.2 cm³/mol. The van der Waals surface area contributed by atoms with E-state index in [0.717, 1.165) is 0 Å². The van der Waals surface area contributed by atoms with Crippen LogP contribution in [0.3, 0.4) is 0 Å². The van der Waals surface area contributed by atoms with E-state index < -0.39 is 42.3 Å². The van der Waals surface area contributed by atoms with Gasteiger partial charge in [0, 0.05) is 24.8 Å². The van der Waals surface area contributed by atoms with E-state index in [2.05, 4.69) is 0 Å². The Morgan fingerprint density at radius 3 is 1.46 bits per heavy atom. The minimum Gasteiger partial charge on any atom is -0.550 e. The average molecular weight is 358 g/mol. The third-order valence-corrected chi connectivity index (χ3v) is 2.29. The first kappa shape index (κ1) is 27.9. The monoisotopic (exact) mass is 358 g/mol. The molecule has 0 heterocycles. The molecule has 0 aliphatic carbocycles. The van der Waals surface area contributed by atoms with Gasteiger partial charge < -0.3 is 35.1 Å². The van der Waals surface area contributed by atoms with Crippen molar-refractivity contribution in [3.05, 3.63) is 35.9 Å². The van der Waals surface area contributed by atoms with Crippen molar-refractivity contribution in [3.63, 3.8) is 0 Å². The molecule has 0 bridgehead atoms. The molecule has 9 nitrogen and oxygen atoms in total. The van der Waals surface area contributed by atoms with Crippen LogP contribution in [0.15, 0.2) is 30.3 Å². The van der Waals surface area contributed by atoms with Gasteiger partial charge in [0.1, 0.15) is 0 Å². The van der Waals surface area contributed by atoms with Gasteiger partial charge in [-0.05, 0) is 12.1 Å². The zero-order valence-electron chi connectivity index (χ0n) is 13.1. The van der Waals surface area contributed by atoms with Gasteiger partial charge in [-0.15, -0.1) is 0 Å². The SMILES string of the molecule is O=C(O)c1ccccc1.O=C([O-])CC(O)(CC(=O)[O-])C(=O)O.[Na+].[Na+]. The Bertz CT molecular complexity index is 544. The van der Waals surface area contributed by atoms with E-state index >= 15 is 0 Å². The fourth-order valence-electron chi connectivity index (χ4n) is 1.27.